The molecule has 0 N–H and O–H groups in total. The molecule has 2 heterocycles. The molecule has 43 heavy (non-hydrogen) atoms. The van der Waals surface area contributed by atoms with Crippen molar-refractivity contribution in [3.05, 3.63) is 172 Å². The third kappa shape index (κ3) is 2.75. The average molecular weight is 552 g/mol. The minimum Gasteiger partial charge on any atom is -0.330 e. The Balaban J connectivity index is 1.14. The van der Waals surface area contributed by atoms with Crippen LogP contribution in [0.25, 0.3) is 16.7 Å². The van der Waals surface area contributed by atoms with Gasteiger partial charge in [-0.05, 0) is 86.8 Å². The summed E-state index contributed by atoms with van der Waals surface area (Å²) in [6.45, 7) is 7.32. The minimum absolute atomic E-state index is 0.0348. The van der Waals surface area contributed by atoms with Crippen molar-refractivity contribution in [2.24, 2.45) is 5.92 Å². The molecule has 5 aromatic carbocycles. The van der Waals surface area contributed by atoms with E-state index in [4.69, 9.17) is 0 Å². The van der Waals surface area contributed by atoms with Crippen LogP contribution in [0, 0.1) is 5.92 Å². The van der Waals surface area contributed by atoms with Crippen molar-refractivity contribution in [3.8, 4) is 11.1 Å². The van der Waals surface area contributed by atoms with Gasteiger partial charge in [-0.15, -0.1) is 0 Å². The van der Waals surface area contributed by atoms with Crippen LogP contribution in [0.5, 0.6) is 0 Å². The van der Waals surface area contributed by atoms with E-state index in [0.717, 1.165) is 0 Å². The summed E-state index contributed by atoms with van der Waals surface area (Å²) in [5.74, 6) is 0.988. The number of rotatable bonds is 1. The first-order valence-corrected chi connectivity index (χ1v) is 15.7. The first kappa shape index (κ1) is 23.9. The van der Waals surface area contributed by atoms with Crippen molar-refractivity contribution in [2.75, 3.05) is 4.90 Å². The zero-order valence-corrected chi connectivity index (χ0v) is 24.8. The first-order valence-electron chi connectivity index (χ1n) is 15.7. The third-order valence-corrected chi connectivity index (χ3v) is 11.6. The lowest BCUT2D eigenvalue weighted by atomic mass is 9.58. The van der Waals surface area contributed by atoms with Crippen LogP contribution in [0.4, 0.5) is 11.4 Å². The van der Waals surface area contributed by atoms with E-state index in [1.807, 2.05) is 0 Å². The van der Waals surface area contributed by atoms with Crippen molar-refractivity contribution in [1.29, 1.82) is 0 Å². The fourth-order valence-electron chi connectivity index (χ4n) is 9.83. The van der Waals surface area contributed by atoms with Crippen LogP contribution in [0.2, 0.25) is 0 Å². The van der Waals surface area contributed by atoms with Crippen LogP contribution in [0.1, 0.15) is 77.1 Å². The summed E-state index contributed by atoms with van der Waals surface area (Å²) in [5.41, 5.74) is 18.3. The maximum atomic E-state index is 2.65. The van der Waals surface area contributed by atoms with Gasteiger partial charge in [0.25, 0.3) is 0 Å². The molecule has 4 aliphatic carbocycles. The molecule has 11 rings (SSSR count). The predicted octanol–water partition coefficient (Wildman–Crippen LogP) is 10.1. The van der Waals surface area contributed by atoms with E-state index in [9.17, 15) is 0 Å². The molecule has 5 aromatic rings. The van der Waals surface area contributed by atoms with Crippen LogP contribution in [-0.4, -0.2) is 5.54 Å². The molecule has 0 fully saturated rings. The van der Waals surface area contributed by atoms with Gasteiger partial charge in [-0.1, -0.05) is 117 Å². The lowest BCUT2D eigenvalue weighted by Crippen LogP contribution is -2.57. The molecule has 2 aliphatic heterocycles. The second-order valence-corrected chi connectivity index (χ2v) is 13.9. The molecular formula is C42H33N. The van der Waals surface area contributed by atoms with Crippen LogP contribution >= 0.6 is 0 Å². The van der Waals surface area contributed by atoms with Gasteiger partial charge < -0.3 is 4.90 Å². The minimum atomic E-state index is -0.115. The van der Waals surface area contributed by atoms with Gasteiger partial charge in [0.1, 0.15) is 0 Å². The highest BCUT2D eigenvalue weighted by molar-refractivity contribution is 5.99. The summed E-state index contributed by atoms with van der Waals surface area (Å²) in [5, 5.41) is 0. The topological polar surface area (TPSA) is 3.24 Å². The number of nitrogens with zero attached hydrogens (tertiary/aromatic N) is 1. The van der Waals surface area contributed by atoms with Gasteiger partial charge in [-0.2, -0.15) is 0 Å². The molecule has 2 atom stereocenters. The number of allylic oxidation sites excluding steroid dienone is 2. The van der Waals surface area contributed by atoms with Crippen LogP contribution < -0.4 is 4.90 Å². The van der Waals surface area contributed by atoms with E-state index >= 15 is 0 Å². The van der Waals surface area contributed by atoms with Crippen molar-refractivity contribution < 1.29 is 0 Å². The zero-order chi connectivity index (χ0) is 28.7. The monoisotopic (exact) mass is 551 g/mol. The van der Waals surface area contributed by atoms with Crippen LogP contribution in [0.3, 0.4) is 0 Å². The normalized spacial score (nSPS) is 25.6. The maximum Gasteiger partial charge on any atom is 0.0752 e. The number of hydrogen-bond acceptors (Lipinski definition) is 1. The Labute approximate surface area is 253 Å². The predicted molar refractivity (Wildman–Crippen MR) is 177 cm³/mol. The molecule has 2 bridgehead atoms. The summed E-state index contributed by atoms with van der Waals surface area (Å²) >= 11 is 0. The Morgan fingerprint density at radius 2 is 1.14 bits per heavy atom. The van der Waals surface area contributed by atoms with Gasteiger partial charge in [0.15, 0.2) is 0 Å². The molecule has 0 saturated heterocycles. The van der Waals surface area contributed by atoms with Crippen LogP contribution in [0.15, 0.2) is 127 Å². The summed E-state index contributed by atoms with van der Waals surface area (Å²) in [6.07, 6.45) is 7.14. The fraction of sp³-hybridized carbons (Fsp3) is 0.190. The SMILES string of the molecule is CC1(C)c2ccccc2N2c3ccc(-c4ccc5c(c4)C4c6ccccc6C5c5ccccc54)cc3C3=CC=CC1C32C. The number of fused-ring (bicyclic) bond motifs is 5. The molecule has 206 valence electrons. The standard InChI is InChI=1S/C42H33N/c1-41(2)35-15-8-9-17-37(35)43-36-22-20-26(24-33(36)34-16-10-18-38(41)42(34,43)3)25-19-21-31-32(23-25)40-29-13-6-4-11-27(29)39(31)28-12-5-7-14-30(28)40/h4-24,38-40H,1-3H3. The van der Waals surface area contributed by atoms with E-state index in [1.54, 1.807) is 0 Å². The smallest absolute Gasteiger partial charge is 0.0752 e. The first-order chi connectivity index (χ1) is 21.0. The Hall–Kier alpha value is -4.62. The number of para-hydroxylation sites is 1. The number of benzene rings is 5. The van der Waals surface area contributed by atoms with E-state index in [1.165, 1.54) is 72.6 Å². The molecule has 0 aromatic heterocycles. The largest absolute Gasteiger partial charge is 0.330 e. The van der Waals surface area contributed by atoms with Gasteiger partial charge in [-0.3, -0.25) is 0 Å². The Morgan fingerprint density at radius 1 is 0.558 bits per heavy atom. The van der Waals surface area contributed by atoms with Crippen molar-refractivity contribution >= 4 is 16.9 Å². The quantitative estimate of drug-likeness (QED) is 0.196. The molecule has 0 saturated carbocycles. The van der Waals surface area contributed by atoms with Gasteiger partial charge in [0, 0.05) is 40.1 Å². The average Bonchev–Trinajstić information content (AvgIpc) is 3.31. The Morgan fingerprint density at radius 3 is 1.86 bits per heavy atom. The Kier molecular flexibility index (Phi) is 4.36. The van der Waals surface area contributed by atoms with Gasteiger partial charge in [0.05, 0.1) is 5.54 Å². The number of anilines is 2. The molecule has 0 spiro atoms. The highest BCUT2D eigenvalue weighted by Gasteiger charge is 2.58. The van der Waals surface area contributed by atoms with Gasteiger partial charge >= 0.3 is 0 Å². The molecule has 0 amide bonds. The number of hydrogen-bond donors (Lipinski definition) is 0. The zero-order valence-electron chi connectivity index (χ0n) is 24.8. The third-order valence-electron chi connectivity index (χ3n) is 11.6. The molecule has 2 unspecified atom stereocenters. The second kappa shape index (κ2) is 7.85. The highest BCUT2D eigenvalue weighted by atomic mass is 15.3. The summed E-state index contributed by atoms with van der Waals surface area (Å²) in [4.78, 5) is 2.65. The van der Waals surface area contributed by atoms with E-state index < -0.39 is 0 Å². The van der Waals surface area contributed by atoms with E-state index in [-0.39, 0.29) is 11.0 Å². The second-order valence-electron chi connectivity index (χ2n) is 13.9. The van der Waals surface area contributed by atoms with Crippen LogP contribution in [-0.2, 0) is 5.41 Å². The van der Waals surface area contributed by atoms with Crippen molar-refractivity contribution in [2.45, 2.75) is 43.6 Å². The fourth-order valence-corrected chi connectivity index (χ4v) is 9.83. The van der Waals surface area contributed by atoms with E-state index in [2.05, 4.69) is 153 Å². The summed E-state index contributed by atoms with van der Waals surface area (Å²) in [6, 6.07) is 41.8. The van der Waals surface area contributed by atoms with E-state index in [0.29, 0.717) is 17.8 Å². The van der Waals surface area contributed by atoms with Crippen molar-refractivity contribution in [1.82, 2.24) is 0 Å². The van der Waals surface area contributed by atoms with Gasteiger partial charge in [0.2, 0.25) is 0 Å². The molecule has 6 aliphatic rings. The molecule has 1 nitrogen and oxygen atoms in total. The lowest BCUT2D eigenvalue weighted by molar-refractivity contribution is 0.273. The highest BCUT2D eigenvalue weighted by Crippen LogP contribution is 2.64. The summed E-state index contributed by atoms with van der Waals surface area (Å²) < 4.78 is 0. The van der Waals surface area contributed by atoms with Gasteiger partial charge in [-0.25, -0.2) is 0 Å². The lowest BCUT2D eigenvalue weighted by Gasteiger charge is -2.55. The summed E-state index contributed by atoms with van der Waals surface area (Å²) in [7, 11) is 0. The Bertz CT molecular complexity index is 2060. The maximum absolute atomic E-state index is 2.65. The van der Waals surface area contributed by atoms with Crippen molar-refractivity contribution in [3.63, 3.8) is 0 Å². The molecular weight excluding hydrogens is 518 g/mol. The molecule has 1 heteroatoms. The molecule has 0 radical (unpaired) electrons.